The molecular weight excluding hydrogens is 244 g/mol. The number of rotatable bonds is 2. The van der Waals surface area contributed by atoms with Crippen LogP contribution < -0.4 is 16.4 Å². The number of anilines is 1. The molecule has 0 aliphatic carbocycles. The Hall–Kier alpha value is -2.39. The first-order chi connectivity index (χ1) is 9.19. The standard InChI is InChI=1S/C13H14N4O2/c14-6-1-2-9-5-7-15-11(8-9)17-13(19)10-3-4-12(18)16-10/h5,7-8,10H,3-4,6,14H2,(H,16,18)(H,15,17,19). The van der Waals surface area contributed by atoms with E-state index < -0.39 is 6.04 Å². The van der Waals surface area contributed by atoms with Crippen LogP contribution in [0.15, 0.2) is 18.3 Å². The number of aromatic nitrogens is 1. The monoisotopic (exact) mass is 258 g/mol. The van der Waals surface area contributed by atoms with Gasteiger partial charge in [0.15, 0.2) is 0 Å². The van der Waals surface area contributed by atoms with Gasteiger partial charge in [-0.15, -0.1) is 0 Å². The minimum Gasteiger partial charge on any atom is -0.344 e. The minimum atomic E-state index is -0.479. The van der Waals surface area contributed by atoms with Crippen molar-refractivity contribution < 1.29 is 9.59 Å². The van der Waals surface area contributed by atoms with E-state index in [0.29, 0.717) is 18.7 Å². The molecule has 2 rings (SSSR count). The molecule has 0 aromatic carbocycles. The lowest BCUT2D eigenvalue weighted by molar-refractivity contribution is -0.122. The molecule has 2 amide bonds. The summed E-state index contributed by atoms with van der Waals surface area (Å²) < 4.78 is 0. The Morgan fingerprint density at radius 1 is 1.63 bits per heavy atom. The summed E-state index contributed by atoms with van der Waals surface area (Å²) in [6.07, 6.45) is 2.45. The first-order valence-corrected chi connectivity index (χ1v) is 5.94. The fourth-order valence-corrected chi connectivity index (χ4v) is 1.75. The Balaban J connectivity index is 2.02. The van der Waals surface area contributed by atoms with E-state index in [1.807, 2.05) is 0 Å². The quantitative estimate of drug-likeness (QED) is 0.629. The lowest BCUT2D eigenvalue weighted by Crippen LogP contribution is -2.37. The van der Waals surface area contributed by atoms with Gasteiger partial charge in [-0.2, -0.15) is 0 Å². The molecule has 4 N–H and O–H groups in total. The van der Waals surface area contributed by atoms with Gasteiger partial charge in [0, 0.05) is 18.2 Å². The van der Waals surface area contributed by atoms with E-state index >= 15 is 0 Å². The second kappa shape index (κ2) is 5.98. The van der Waals surface area contributed by atoms with E-state index in [2.05, 4.69) is 27.5 Å². The molecule has 6 heteroatoms. The number of nitrogens with two attached hydrogens (primary N) is 1. The maximum absolute atomic E-state index is 11.9. The summed E-state index contributed by atoms with van der Waals surface area (Å²) in [7, 11) is 0. The Kier molecular flexibility index (Phi) is 4.11. The molecule has 1 aromatic rings. The average Bonchev–Trinajstić information content (AvgIpc) is 2.83. The summed E-state index contributed by atoms with van der Waals surface area (Å²) in [6, 6.07) is 2.92. The molecule has 98 valence electrons. The SMILES string of the molecule is NCC#Cc1ccnc(NC(=O)C2CCC(=O)N2)c1. The van der Waals surface area contributed by atoms with Gasteiger partial charge in [-0.05, 0) is 18.6 Å². The van der Waals surface area contributed by atoms with Gasteiger partial charge in [0.05, 0.1) is 6.54 Å². The number of hydrogen-bond acceptors (Lipinski definition) is 4. The molecule has 1 aliphatic heterocycles. The van der Waals surface area contributed by atoms with Crippen molar-refractivity contribution in [2.24, 2.45) is 5.73 Å². The number of carbonyl (C=O) groups excluding carboxylic acids is 2. The Labute approximate surface area is 110 Å². The van der Waals surface area contributed by atoms with Crippen LogP contribution in [0, 0.1) is 11.8 Å². The van der Waals surface area contributed by atoms with Crippen LogP contribution in [0.25, 0.3) is 0 Å². The zero-order chi connectivity index (χ0) is 13.7. The van der Waals surface area contributed by atoms with Crippen molar-refractivity contribution in [3.05, 3.63) is 23.9 Å². The number of pyridine rings is 1. The molecule has 1 saturated heterocycles. The van der Waals surface area contributed by atoms with E-state index in [1.165, 1.54) is 0 Å². The first-order valence-electron chi connectivity index (χ1n) is 5.94. The first kappa shape index (κ1) is 13.1. The minimum absolute atomic E-state index is 0.101. The third-order valence-electron chi connectivity index (χ3n) is 2.66. The number of nitrogens with zero attached hydrogens (tertiary/aromatic N) is 1. The summed E-state index contributed by atoms with van der Waals surface area (Å²) in [6.45, 7) is 0.276. The van der Waals surface area contributed by atoms with Crippen molar-refractivity contribution in [1.29, 1.82) is 0 Å². The fraction of sp³-hybridized carbons (Fsp3) is 0.308. The van der Waals surface area contributed by atoms with Gasteiger partial charge in [-0.1, -0.05) is 11.8 Å². The summed E-state index contributed by atoms with van der Waals surface area (Å²) >= 11 is 0. The molecule has 0 bridgehead atoms. The molecule has 0 spiro atoms. The van der Waals surface area contributed by atoms with Crippen LogP contribution in [0.1, 0.15) is 18.4 Å². The zero-order valence-corrected chi connectivity index (χ0v) is 10.3. The van der Waals surface area contributed by atoms with Crippen molar-refractivity contribution in [3.8, 4) is 11.8 Å². The van der Waals surface area contributed by atoms with Crippen LogP contribution in [0.5, 0.6) is 0 Å². The molecular formula is C13H14N4O2. The second-order valence-corrected chi connectivity index (χ2v) is 4.08. The van der Waals surface area contributed by atoms with Gasteiger partial charge in [0.1, 0.15) is 11.9 Å². The fourth-order valence-electron chi connectivity index (χ4n) is 1.75. The van der Waals surface area contributed by atoms with Crippen LogP contribution in [0.3, 0.4) is 0 Å². The summed E-state index contributed by atoms with van der Waals surface area (Å²) in [5, 5.41) is 5.26. The van der Waals surface area contributed by atoms with E-state index in [4.69, 9.17) is 5.73 Å². The third-order valence-corrected chi connectivity index (χ3v) is 2.66. The third kappa shape index (κ3) is 3.53. The predicted octanol–water partition coefficient (Wildman–Crippen LogP) is -0.391. The zero-order valence-electron chi connectivity index (χ0n) is 10.3. The molecule has 0 radical (unpaired) electrons. The van der Waals surface area contributed by atoms with Crippen LogP contribution in [-0.4, -0.2) is 29.4 Å². The molecule has 1 atom stereocenters. The average molecular weight is 258 g/mol. The highest BCUT2D eigenvalue weighted by molar-refractivity contribution is 5.98. The molecule has 0 saturated carbocycles. The number of amides is 2. The molecule has 1 aromatic heterocycles. The summed E-state index contributed by atoms with van der Waals surface area (Å²) in [4.78, 5) is 26.9. The predicted molar refractivity (Wildman–Crippen MR) is 70.0 cm³/mol. The number of nitrogens with one attached hydrogen (secondary N) is 2. The lowest BCUT2D eigenvalue weighted by atomic mass is 10.2. The van der Waals surface area contributed by atoms with Gasteiger partial charge in [0.2, 0.25) is 11.8 Å². The summed E-state index contributed by atoms with van der Waals surface area (Å²) in [5.74, 6) is 5.63. The van der Waals surface area contributed by atoms with Crippen molar-refractivity contribution in [1.82, 2.24) is 10.3 Å². The summed E-state index contributed by atoms with van der Waals surface area (Å²) in [5.41, 5.74) is 6.02. The van der Waals surface area contributed by atoms with Gasteiger partial charge >= 0.3 is 0 Å². The Morgan fingerprint density at radius 2 is 2.47 bits per heavy atom. The van der Waals surface area contributed by atoms with E-state index in [0.717, 1.165) is 5.56 Å². The highest BCUT2D eigenvalue weighted by Gasteiger charge is 2.27. The number of hydrogen-bond donors (Lipinski definition) is 3. The second-order valence-electron chi connectivity index (χ2n) is 4.08. The molecule has 6 nitrogen and oxygen atoms in total. The van der Waals surface area contributed by atoms with Crippen LogP contribution in [-0.2, 0) is 9.59 Å². The van der Waals surface area contributed by atoms with Crippen molar-refractivity contribution in [2.75, 3.05) is 11.9 Å². The molecule has 2 heterocycles. The van der Waals surface area contributed by atoms with Crippen molar-refractivity contribution >= 4 is 17.6 Å². The van der Waals surface area contributed by atoms with Crippen molar-refractivity contribution in [3.63, 3.8) is 0 Å². The van der Waals surface area contributed by atoms with Gasteiger partial charge in [-0.3, -0.25) is 9.59 Å². The Bertz CT molecular complexity index is 559. The topological polar surface area (TPSA) is 97.1 Å². The maximum Gasteiger partial charge on any atom is 0.248 e. The van der Waals surface area contributed by atoms with Gasteiger partial charge < -0.3 is 16.4 Å². The molecule has 1 fully saturated rings. The molecule has 19 heavy (non-hydrogen) atoms. The van der Waals surface area contributed by atoms with E-state index in [-0.39, 0.29) is 18.4 Å². The largest absolute Gasteiger partial charge is 0.344 e. The maximum atomic E-state index is 11.9. The molecule has 1 unspecified atom stereocenters. The van der Waals surface area contributed by atoms with Crippen LogP contribution >= 0.6 is 0 Å². The van der Waals surface area contributed by atoms with Crippen LogP contribution in [0.4, 0.5) is 5.82 Å². The molecule has 1 aliphatic rings. The smallest absolute Gasteiger partial charge is 0.248 e. The highest BCUT2D eigenvalue weighted by Crippen LogP contribution is 2.10. The lowest BCUT2D eigenvalue weighted by Gasteiger charge is -2.10. The normalized spacial score (nSPS) is 17.3. The Morgan fingerprint density at radius 3 is 3.16 bits per heavy atom. The van der Waals surface area contributed by atoms with Crippen molar-refractivity contribution in [2.45, 2.75) is 18.9 Å². The highest BCUT2D eigenvalue weighted by atomic mass is 16.2. The van der Waals surface area contributed by atoms with E-state index in [9.17, 15) is 9.59 Å². The van der Waals surface area contributed by atoms with Gasteiger partial charge in [-0.25, -0.2) is 4.98 Å². The van der Waals surface area contributed by atoms with Crippen LogP contribution in [0.2, 0.25) is 0 Å². The van der Waals surface area contributed by atoms with Gasteiger partial charge in [0.25, 0.3) is 0 Å². The van der Waals surface area contributed by atoms with E-state index in [1.54, 1.807) is 18.3 Å². The number of carbonyl (C=O) groups is 2.